The summed E-state index contributed by atoms with van der Waals surface area (Å²) in [5, 5.41) is 9.10. The lowest BCUT2D eigenvalue weighted by Crippen LogP contribution is -2.56. The smallest absolute Gasteiger partial charge is 0.131 e. The third-order valence-electron chi connectivity index (χ3n) is 2.92. The highest BCUT2D eigenvalue weighted by Gasteiger charge is 2.29. The Balaban J connectivity index is 2.15. The first-order chi connectivity index (χ1) is 7.08. The van der Waals surface area contributed by atoms with E-state index in [0.717, 1.165) is 19.2 Å². The number of benzene rings is 1. The van der Waals surface area contributed by atoms with Crippen molar-refractivity contribution in [2.75, 3.05) is 13.1 Å². The van der Waals surface area contributed by atoms with Crippen LogP contribution in [-0.2, 0) is 0 Å². The molecular formula is C11H15FN2O. The lowest BCUT2D eigenvalue weighted by molar-refractivity contribution is 0.101. The fourth-order valence-electron chi connectivity index (χ4n) is 1.92. The molecule has 3 N–H and O–H groups in total. The van der Waals surface area contributed by atoms with E-state index in [1.165, 1.54) is 6.07 Å². The van der Waals surface area contributed by atoms with Crippen LogP contribution >= 0.6 is 0 Å². The molecule has 1 atom stereocenters. The molecule has 0 spiro atoms. The number of halogens is 1. The van der Waals surface area contributed by atoms with Gasteiger partial charge in [0.2, 0.25) is 0 Å². The predicted molar refractivity (Wildman–Crippen MR) is 56.0 cm³/mol. The van der Waals surface area contributed by atoms with Crippen molar-refractivity contribution in [3.63, 3.8) is 0 Å². The molecule has 1 unspecified atom stereocenters. The largest absolute Gasteiger partial charge is 0.508 e. The van der Waals surface area contributed by atoms with E-state index in [1.807, 2.05) is 6.92 Å². The Hall–Kier alpha value is -1.13. The summed E-state index contributed by atoms with van der Waals surface area (Å²) in [6.45, 7) is 3.56. The Labute approximate surface area is 88.3 Å². The van der Waals surface area contributed by atoms with E-state index in [-0.39, 0.29) is 23.7 Å². The van der Waals surface area contributed by atoms with E-state index in [1.54, 1.807) is 6.07 Å². The molecular weight excluding hydrogens is 195 g/mol. The second-order valence-corrected chi connectivity index (χ2v) is 4.10. The first-order valence-corrected chi connectivity index (χ1v) is 5.06. The highest BCUT2D eigenvalue weighted by Crippen LogP contribution is 2.28. The van der Waals surface area contributed by atoms with Gasteiger partial charge >= 0.3 is 0 Å². The van der Waals surface area contributed by atoms with Gasteiger partial charge in [0.05, 0.1) is 0 Å². The van der Waals surface area contributed by atoms with Gasteiger partial charge < -0.3 is 10.8 Å². The second kappa shape index (κ2) is 3.79. The molecule has 0 radical (unpaired) electrons. The first kappa shape index (κ1) is 10.4. The summed E-state index contributed by atoms with van der Waals surface area (Å²) < 4.78 is 13.5. The molecule has 0 aliphatic carbocycles. The maximum absolute atomic E-state index is 13.5. The average molecular weight is 210 g/mol. The topological polar surface area (TPSA) is 49.5 Å². The summed E-state index contributed by atoms with van der Waals surface area (Å²) >= 11 is 0. The number of likely N-dealkylation sites (tertiary alicyclic amines) is 1. The lowest BCUT2D eigenvalue weighted by Gasteiger charge is -2.41. The van der Waals surface area contributed by atoms with E-state index < -0.39 is 0 Å². The van der Waals surface area contributed by atoms with Crippen LogP contribution in [0.25, 0.3) is 0 Å². The zero-order valence-corrected chi connectivity index (χ0v) is 8.65. The van der Waals surface area contributed by atoms with Gasteiger partial charge in [-0.2, -0.15) is 0 Å². The van der Waals surface area contributed by atoms with Gasteiger partial charge in [0.25, 0.3) is 0 Å². The third-order valence-corrected chi connectivity index (χ3v) is 2.92. The molecule has 4 heteroatoms. The van der Waals surface area contributed by atoms with Crippen LogP contribution < -0.4 is 5.73 Å². The normalized spacial score (nSPS) is 19.9. The van der Waals surface area contributed by atoms with Gasteiger partial charge in [0.15, 0.2) is 0 Å². The van der Waals surface area contributed by atoms with Crippen molar-refractivity contribution in [3.8, 4) is 5.75 Å². The molecule has 1 fully saturated rings. The molecule has 2 rings (SSSR count). The number of rotatable bonds is 2. The summed E-state index contributed by atoms with van der Waals surface area (Å²) in [4.78, 5) is 2.11. The molecule has 0 saturated carbocycles. The molecule has 1 aliphatic heterocycles. The van der Waals surface area contributed by atoms with Crippen molar-refractivity contribution in [2.24, 2.45) is 5.73 Å². The maximum Gasteiger partial charge on any atom is 0.131 e. The molecule has 1 aromatic rings. The fourth-order valence-corrected chi connectivity index (χ4v) is 1.92. The van der Waals surface area contributed by atoms with E-state index in [4.69, 9.17) is 10.8 Å². The predicted octanol–water partition coefficient (Wildman–Crippen LogP) is 1.24. The van der Waals surface area contributed by atoms with E-state index in [2.05, 4.69) is 4.90 Å². The number of nitrogens with two attached hydrogens (primary N) is 1. The summed E-state index contributed by atoms with van der Waals surface area (Å²) in [6, 6.07) is 4.51. The fraction of sp³-hybridized carbons (Fsp3) is 0.455. The van der Waals surface area contributed by atoms with Gasteiger partial charge in [-0.15, -0.1) is 0 Å². The molecule has 1 aliphatic rings. The Morgan fingerprint density at radius 3 is 2.73 bits per heavy atom. The summed E-state index contributed by atoms with van der Waals surface area (Å²) in [6.07, 6.45) is 0. The van der Waals surface area contributed by atoms with Crippen LogP contribution in [0.1, 0.15) is 18.5 Å². The number of aromatic hydroxyl groups is 1. The van der Waals surface area contributed by atoms with Crippen molar-refractivity contribution in [1.29, 1.82) is 0 Å². The van der Waals surface area contributed by atoms with E-state index >= 15 is 0 Å². The van der Waals surface area contributed by atoms with Crippen LogP contribution in [0.2, 0.25) is 0 Å². The molecule has 1 aromatic carbocycles. The Bertz CT molecular complexity index is 364. The Kier molecular flexibility index (Phi) is 2.63. The van der Waals surface area contributed by atoms with Gasteiger partial charge in [-0.1, -0.05) is 6.07 Å². The number of hydrogen-bond acceptors (Lipinski definition) is 3. The van der Waals surface area contributed by atoms with Crippen LogP contribution in [-0.4, -0.2) is 29.1 Å². The van der Waals surface area contributed by atoms with Gasteiger partial charge in [-0.05, 0) is 13.0 Å². The minimum Gasteiger partial charge on any atom is -0.508 e. The highest BCUT2D eigenvalue weighted by atomic mass is 19.1. The van der Waals surface area contributed by atoms with Crippen molar-refractivity contribution in [3.05, 3.63) is 29.6 Å². The molecule has 3 nitrogen and oxygen atoms in total. The summed E-state index contributed by atoms with van der Waals surface area (Å²) in [5.74, 6) is -0.397. The van der Waals surface area contributed by atoms with Crippen LogP contribution in [0.3, 0.4) is 0 Å². The zero-order chi connectivity index (χ0) is 11.0. The standard InChI is InChI=1S/C11H15FN2O/c1-7(14-5-8(13)6-14)10-3-2-9(15)4-11(10)12/h2-4,7-8,15H,5-6,13H2,1H3. The third kappa shape index (κ3) is 1.96. The van der Waals surface area contributed by atoms with Crippen molar-refractivity contribution >= 4 is 0 Å². The lowest BCUT2D eigenvalue weighted by atomic mass is 10.0. The monoisotopic (exact) mass is 210 g/mol. The summed E-state index contributed by atoms with van der Waals surface area (Å²) in [7, 11) is 0. The molecule has 1 heterocycles. The van der Waals surface area contributed by atoms with E-state index in [0.29, 0.717) is 5.56 Å². The quantitative estimate of drug-likeness (QED) is 0.772. The molecule has 1 saturated heterocycles. The highest BCUT2D eigenvalue weighted by molar-refractivity contribution is 5.29. The van der Waals surface area contributed by atoms with E-state index in [9.17, 15) is 4.39 Å². The molecule has 0 amide bonds. The zero-order valence-electron chi connectivity index (χ0n) is 8.65. The van der Waals surface area contributed by atoms with Crippen LogP contribution in [0.4, 0.5) is 4.39 Å². The van der Waals surface area contributed by atoms with Gasteiger partial charge in [-0.3, -0.25) is 4.90 Å². The second-order valence-electron chi connectivity index (χ2n) is 4.10. The minimum atomic E-state index is -0.358. The average Bonchev–Trinajstić information content (AvgIpc) is 2.12. The molecule has 0 aromatic heterocycles. The van der Waals surface area contributed by atoms with Crippen molar-refractivity contribution in [1.82, 2.24) is 4.90 Å². The van der Waals surface area contributed by atoms with Gasteiger partial charge in [0.1, 0.15) is 11.6 Å². The van der Waals surface area contributed by atoms with Gasteiger partial charge in [-0.25, -0.2) is 4.39 Å². The first-order valence-electron chi connectivity index (χ1n) is 5.06. The number of nitrogens with zero attached hydrogens (tertiary/aromatic N) is 1. The Morgan fingerprint density at radius 1 is 1.53 bits per heavy atom. The van der Waals surface area contributed by atoms with Crippen LogP contribution in [0.5, 0.6) is 5.75 Å². The number of hydrogen-bond donors (Lipinski definition) is 2. The van der Waals surface area contributed by atoms with Crippen LogP contribution in [0, 0.1) is 5.82 Å². The molecule has 15 heavy (non-hydrogen) atoms. The Morgan fingerprint density at radius 2 is 2.20 bits per heavy atom. The summed E-state index contributed by atoms with van der Waals surface area (Å²) in [5.41, 5.74) is 6.28. The molecule has 0 bridgehead atoms. The number of phenolic OH excluding ortho intramolecular Hbond substituents is 1. The number of phenols is 1. The SMILES string of the molecule is CC(c1ccc(O)cc1F)N1CC(N)C1. The van der Waals surface area contributed by atoms with Crippen LogP contribution in [0.15, 0.2) is 18.2 Å². The minimum absolute atomic E-state index is 0.0189. The van der Waals surface area contributed by atoms with Crippen molar-refractivity contribution in [2.45, 2.75) is 19.0 Å². The molecule has 82 valence electrons. The van der Waals surface area contributed by atoms with Gasteiger partial charge in [0, 0.05) is 36.8 Å². The maximum atomic E-state index is 13.5. The van der Waals surface area contributed by atoms with Crippen molar-refractivity contribution < 1.29 is 9.50 Å².